The van der Waals surface area contributed by atoms with Gasteiger partial charge in [0.05, 0.1) is 5.92 Å². The molecule has 1 amide bonds. The SMILES string of the molecule is O=C(O)C1CC(=O)N(CCNCc2ccccc2)C1. The highest BCUT2D eigenvalue weighted by Gasteiger charge is 2.33. The molecule has 2 N–H and O–H groups in total. The first-order valence-electron chi connectivity index (χ1n) is 6.42. The van der Waals surface area contributed by atoms with Gasteiger partial charge in [-0.15, -0.1) is 0 Å². The molecule has 0 saturated carbocycles. The van der Waals surface area contributed by atoms with Crippen LogP contribution in [0.3, 0.4) is 0 Å². The van der Waals surface area contributed by atoms with Crippen molar-refractivity contribution in [1.82, 2.24) is 10.2 Å². The standard InChI is InChI=1S/C14H18N2O3/c17-13-8-12(14(18)19)10-16(13)7-6-15-9-11-4-2-1-3-5-11/h1-5,12,15H,6-10H2,(H,18,19). The number of aliphatic carboxylic acids is 1. The summed E-state index contributed by atoms with van der Waals surface area (Å²) in [5.74, 6) is -1.48. The lowest BCUT2D eigenvalue weighted by molar-refractivity contribution is -0.141. The van der Waals surface area contributed by atoms with Gasteiger partial charge in [0, 0.05) is 32.6 Å². The summed E-state index contributed by atoms with van der Waals surface area (Å²) in [6, 6.07) is 10.0. The summed E-state index contributed by atoms with van der Waals surface area (Å²) in [6.45, 7) is 2.33. The van der Waals surface area contributed by atoms with Gasteiger partial charge in [-0.25, -0.2) is 0 Å². The molecule has 19 heavy (non-hydrogen) atoms. The molecular formula is C14H18N2O3. The quantitative estimate of drug-likeness (QED) is 0.741. The van der Waals surface area contributed by atoms with Gasteiger partial charge in [-0.05, 0) is 5.56 Å². The molecule has 0 radical (unpaired) electrons. The van der Waals surface area contributed by atoms with Crippen LogP contribution in [0.5, 0.6) is 0 Å². The van der Waals surface area contributed by atoms with E-state index in [2.05, 4.69) is 5.32 Å². The van der Waals surface area contributed by atoms with E-state index in [1.165, 1.54) is 5.56 Å². The molecule has 0 aromatic heterocycles. The number of hydrogen-bond acceptors (Lipinski definition) is 3. The molecule has 0 bridgehead atoms. The van der Waals surface area contributed by atoms with Crippen LogP contribution in [0.2, 0.25) is 0 Å². The largest absolute Gasteiger partial charge is 0.481 e. The predicted molar refractivity (Wildman–Crippen MR) is 70.5 cm³/mol. The van der Waals surface area contributed by atoms with E-state index in [9.17, 15) is 9.59 Å². The highest BCUT2D eigenvalue weighted by molar-refractivity contribution is 5.86. The molecule has 1 aliphatic rings. The predicted octanol–water partition coefficient (Wildman–Crippen LogP) is 0.709. The Bertz CT molecular complexity index is 447. The van der Waals surface area contributed by atoms with Gasteiger partial charge in [-0.3, -0.25) is 9.59 Å². The second-order valence-corrected chi connectivity index (χ2v) is 4.74. The van der Waals surface area contributed by atoms with Crippen molar-refractivity contribution in [1.29, 1.82) is 0 Å². The van der Waals surface area contributed by atoms with E-state index in [-0.39, 0.29) is 12.3 Å². The summed E-state index contributed by atoms with van der Waals surface area (Å²) in [5, 5.41) is 12.1. The normalized spacial score (nSPS) is 18.8. The van der Waals surface area contributed by atoms with Crippen molar-refractivity contribution >= 4 is 11.9 Å². The first-order valence-corrected chi connectivity index (χ1v) is 6.42. The van der Waals surface area contributed by atoms with Crippen molar-refractivity contribution in [2.24, 2.45) is 5.92 Å². The van der Waals surface area contributed by atoms with E-state index in [0.29, 0.717) is 19.6 Å². The Morgan fingerprint density at radius 2 is 2.11 bits per heavy atom. The van der Waals surface area contributed by atoms with E-state index < -0.39 is 11.9 Å². The monoisotopic (exact) mass is 262 g/mol. The van der Waals surface area contributed by atoms with Gasteiger partial charge in [0.15, 0.2) is 0 Å². The lowest BCUT2D eigenvalue weighted by Gasteiger charge is -2.16. The highest BCUT2D eigenvalue weighted by atomic mass is 16.4. The Balaban J connectivity index is 1.69. The van der Waals surface area contributed by atoms with Crippen molar-refractivity contribution in [2.45, 2.75) is 13.0 Å². The third-order valence-electron chi connectivity index (χ3n) is 3.29. The molecule has 1 saturated heterocycles. The number of hydrogen-bond donors (Lipinski definition) is 2. The van der Waals surface area contributed by atoms with Crippen LogP contribution in [0.25, 0.3) is 0 Å². The number of carboxylic acid groups (broad SMARTS) is 1. The summed E-state index contributed by atoms with van der Waals surface area (Å²) < 4.78 is 0. The maximum absolute atomic E-state index is 11.6. The summed E-state index contributed by atoms with van der Waals surface area (Å²) in [6.07, 6.45) is 0.133. The van der Waals surface area contributed by atoms with Crippen LogP contribution in [0, 0.1) is 5.92 Å². The van der Waals surface area contributed by atoms with Crippen LogP contribution in [-0.4, -0.2) is 41.5 Å². The summed E-state index contributed by atoms with van der Waals surface area (Å²) in [5.41, 5.74) is 1.19. The number of carboxylic acids is 1. The van der Waals surface area contributed by atoms with E-state index in [1.54, 1.807) is 4.90 Å². The maximum Gasteiger partial charge on any atom is 0.308 e. The molecule has 1 aromatic carbocycles. The smallest absolute Gasteiger partial charge is 0.308 e. The molecule has 102 valence electrons. The van der Waals surface area contributed by atoms with Crippen LogP contribution in [-0.2, 0) is 16.1 Å². The van der Waals surface area contributed by atoms with E-state index in [0.717, 1.165) is 6.54 Å². The van der Waals surface area contributed by atoms with Crippen LogP contribution >= 0.6 is 0 Å². The van der Waals surface area contributed by atoms with Crippen molar-refractivity contribution in [3.8, 4) is 0 Å². The van der Waals surface area contributed by atoms with Crippen molar-refractivity contribution < 1.29 is 14.7 Å². The molecule has 0 aliphatic carbocycles. The van der Waals surface area contributed by atoms with Gasteiger partial charge in [0.1, 0.15) is 0 Å². The molecule has 1 aromatic rings. The van der Waals surface area contributed by atoms with E-state index >= 15 is 0 Å². The fraction of sp³-hybridized carbons (Fsp3) is 0.429. The zero-order chi connectivity index (χ0) is 13.7. The van der Waals surface area contributed by atoms with E-state index in [4.69, 9.17) is 5.11 Å². The van der Waals surface area contributed by atoms with Crippen LogP contribution in [0.4, 0.5) is 0 Å². The Hall–Kier alpha value is -1.88. The maximum atomic E-state index is 11.6. The molecule has 1 heterocycles. The molecular weight excluding hydrogens is 244 g/mol. The van der Waals surface area contributed by atoms with Crippen LogP contribution < -0.4 is 5.32 Å². The molecule has 5 nitrogen and oxygen atoms in total. The number of carbonyl (C=O) groups is 2. The topological polar surface area (TPSA) is 69.6 Å². The lowest BCUT2D eigenvalue weighted by atomic mass is 10.1. The Morgan fingerprint density at radius 3 is 2.74 bits per heavy atom. The number of likely N-dealkylation sites (tertiary alicyclic amines) is 1. The van der Waals surface area contributed by atoms with Crippen LogP contribution in [0.1, 0.15) is 12.0 Å². The summed E-state index contributed by atoms with van der Waals surface area (Å²) in [4.78, 5) is 24.0. The molecule has 1 unspecified atom stereocenters. The van der Waals surface area contributed by atoms with Crippen LogP contribution in [0.15, 0.2) is 30.3 Å². The van der Waals surface area contributed by atoms with Gasteiger partial charge >= 0.3 is 5.97 Å². The second-order valence-electron chi connectivity index (χ2n) is 4.74. The fourth-order valence-electron chi connectivity index (χ4n) is 2.20. The van der Waals surface area contributed by atoms with Crippen molar-refractivity contribution in [2.75, 3.05) is 19.6 Å². The minimum atomic E-state index is -0.881. The molecule has 2 rings (SSSR count). The number of carbonyl (C=O) groups excluding carboxylic acids is 1. The van der Waals surface area contributed by atoms with Gasteiger partial charge in [-0.1, -0.05) is 30.3 Å². The Morgan fingerprint density at radius 1 is 1.37 bits per heavy atom. The van der Waals surface area contributed by atoms with Crippen molar-refractivity contribution in [3.63, 3.8) is 0 Å². The first kappa shape index (κ1) is 13.5. The lowest BCUT2D eigenvalue weighted by Crippen LogP contribution is -2.33. The number of nitrogens with one attached hydrogen (secondary N) is 1. The fourth-order valence-corrected chi connectivity index (χ4v) is 2.20. The van der Waals surface area contributed by atoms with Gasteiger partial charge in [0.2, 0.25) is 5.91 Å². The Labute approximate surface area is 112 Å². The second kappa shape index (κ2) is 6.33. The third-order valence-corrected chi connectivity index (χ3v) is 3.29. The molecule has 1 atom stereocenters. The molecule has 1 aliphatic heterocycles. The zero-order valence-corrected chi connectivity index (χ0v) is 10.7. The number of rotatable bonds is 6. The molecule has 1 fully saturated rings. The molecule has 5 heteroatoms. The highest BCUT2D eigenvalue weighted by Crippen LogP contribution is 2.17. The van der Waals surface area contributed by atoms with Gasteiger partial charge in [0.25, 0.3) is 0 Å². The minimum absolute atomic E-state index is 0.0612. The summed E-state index contributed by atoms with van der Waals surface area (Å²) in [7, 11) is 0. The van der Waals surface area contributed by atoms with E-state index in [1.807, 2.05) is 30.3 Å². The van der Waals surface area contributed by atoms with Crippen molar-refractivity contribution in [3.05, 3.63) is 35.9 Å². The Kier molecular flexibility index (Phi) is 4.52. The third kappa shape index (κ3) is 3.79. The minimum Gasteiger partial charge on any atom is -0.481 e. The zero-order valence-electron chi connectivity index (χ0n) is 10.7. The summed E-state index contributed by atoms with van der Waals surface area (Å²) >= 11 is 0. The average molecular weight is 262 g/mol. The number of nitrogens with zero attached hydrogens (tertiary/aromatic N) is 1. The molecule has 0 spiro atoms. The average Bonchev–Trinajstić information content (AvgIpc) is 2.78. The number of benzene rings is 1. The van der Waals surface area contributed by atoms with Gasteiger partial charge < -0.3 is 15.3 Å². The van der Waals surface area contributed by atoms with Gasteiger partial charge in [-0.2, -0.15) is 0 Å². The number of amides is 1. The first-order chi connectivity index (χ1) is 9.16.